The van der Waals surface area contributed by atoms with Gasteiger partial charge in [-0.3, -0.25) is 0 Å². The van der Waals surface area contributed by atoms with Crippen LogP contribution in [0.3, 0.4) is 0 Å². The van der Waals surface area contributed by atoms with Crippen molar-refractivity contribution in [1.82, 2.24) is 4.57 Å². The fraction of sp³-hybridized carbons (Fsp3) is 0.267. The molecule has 0 spiro atoms. The number of rotatable bonds is 5. The molecule has 0 aliphatic carbocycles. The fourth-order valence-electron chi connectivity index (χ4n) is 2.10. The zero-order valence-corrected chi connectivity index (χ0v) is 13.0. The molecule has 2 heterocycles. The summed E-state index contributed by atoms with van der Waals surface area (Å²) >= 11 is 1.07. The van der Waals surface area contributed by atoms with Gasteiger partial charge in [-0.15, -0.1) is 0 Å². The van der Waals surface area contributed by atoms with E-state index in [4.69, 9.17) is 11.9 Å². The van der Waals surface area contributed by atoms with Crippen LogP contribution < -0.4 is 10.1 Å². The summed E-state index contributed by atoms with van der Waals surface area (Å²) in [5, 5.41) is 9.31. The molecule has 0 aromatic carbocycles. The van der Waals surface area contributed by atoms with Crippen LogP contribution in [0.2, 0.25) is 0 Å². The van der Waals surface area contributed by atoms with Gasteiger partial charge in [-0.2, -0.15) is 0 Å². The van der Waals surface area contributed by atoms with Crippen LogP contribution in [0, 0.1) is 10.5 Å². The SMILES string of the molecule is [B]=c1s/c(=C\C=C\c2ccco2)c(=O)n1C(C(=O)O)C(C)C. The molecule has 1 unspecified atom stereocenters. The zero-order valence-electron chi connectivity index (χ0n) is 12.2. The van der Waals surface area contributed by atoms with Crippen molar-refractivity contribution >= 4 is 36.9 Å². The Balaban J connectivity index is 2.45. The van der Waals surface area contributed by atoms with Gasteiger partial charge in [0.2, 0.25) is 0 Å². The average molecular weight is 316 g/mol. The summed E-state index contributed by atoms with van der Waals surface area (Å²) in [4.78, 5) is 23.8. The third kappa shape index (κ3) is 3.36. The molecule has 1 N–H and O–H groups in total. The number of furan rings is 1. The maximum atomic E-state index is 12.4. The van der Waals surface area contributed by atoms with Crippen molar-refractivity contribution in [3.63, 3.8) is 0 Å². The van der Waals surface area contributed by atoms with Gasteiger partial charge in [0.05, 0.1) is 0 Å². The van der Waals surface area contributed by atoms with Crippen LogP contribution in [-0.4, -0.2) is 23.1 Å². The van der Waals surface area contributed by atoms with Gasteiger partial charge in [0, 0.05) is 0 Å². The maximum absolute atomic E-state index is 12.4. The summed E-state index contributed by atoms with van der Waals surface area (Å²) in [6, 6.07) is 2.57. The first-order chi connectivity index (χ1) is 10.4. The second-order valence-electron chi connectivity index (χ2n) is 5.05. The van der Waals surface area contributed by atoms with Crippen molar-refractivity contribution in [2.75, 3.05) is 0 Å². The quantitative estimate of drug-likeness (QED) is 0.852. The summed E-state index contributed by atoms with van der Waals surface area (Å²) in [6.07, 6.45) is 6.52. The molecule has 0 fully saturated rings. The van der Waals surface area contributed by atoms with Gasteiger partial charge in [0.1, 0.15) is 0 Å². The van der Waals surface area contributed by atoms with E-state index in [1.807, 2.05) is 0 Å². The second kappa shape index (κ2) is 6.74. The number of carbonyl (C=O) groups is 1. The first-order valence-corrected chi connectivity index (χ1v) is 7.52. The van der Waals surface area contributed by atoms with E-state index >= 15 is 0 Å². The summed E-state index contributed by atoms with van der Waals surface area (Å²) < 4.78 is 6.85. The molecular weight excluding hydrogens is 301 g/mol. The molecule has 2 aromatic rings. The summed E-state index contributed by atoms with van der Waals surface area (Å²) in [7, 11) is 5.84. The summed E-state index contributed by atoms with van der Waals surface area (Å²) in [5.74, 6) is -0.662. The Morgan fingerprint density at radius 2 is 2.23 bits per heavy atom. The van der Waals surface area contributed by atoms with Crippen molar-refractivity contribution in [1.29, 1.82) is 0 Å². The van der Waals surface area contributed by atoms with Crippen molar-refractivity contribution in [3.05, 3.63) is 49.7 Å². The van der Waals surface area contributed by atoms with Gasteiger partial charge in [-0.25, -0.2) is 0 Å². The molecule has 113 valence electrons. The molecule has 2 rings (SSSR count). The monoisotopic (exact) mass is 316 g/mol. The van der Waals surface area contributed by atoms with Crippen LogP contribution >= 0.6 is 11.3 Å². The van der Waals surface area contributed by atoms with Gasteiger partial charge in [-0.05, 0) is 0 Å². The molecule has 0 aliphatic rings. The van der Waals surface area contributed by atoms with Crippen LogP contribution in [-0.2, 0) is 4.79 Å². The third-order valence-corrected chi connectivity index (χ3v) is 4.03. The van der Waals surface area contributed by atoms with Crippen LogP contribution in [0.1, 0.15) is 25.6 Å². The van der Waals surface area contributed by atoms with Crippen molar-refractivity contribution in [2.24, 2.45) is 5.92 Å². The molecule has 0 saturated heterocycles. The molecule has 22 heavy (non-hydrogen) atoms. The number of nitrogens with zero attached hydrogens (tertiary/aromatic N) is 1. The molecule has 1 radical (unpaired) electrons. The summed E-state index contributed by atoms with van der Waals surface area (Å²) in [6.45, 7) is 3.48. The van der Waals surface area contributed by atoms with E-state index in [9.17, 15) is 14.7 Å². The predicted molar refractivity (Wildman–Crippen MR) is 86.5 cm³/mol. The Labute approximate surface area is 131 Å². The fourth-order valence-corrected chi connectivity index (χ4v) is 2.96. The first-order valence-electron chi connectivity index (χ1n) is 6.70. The van der Waals surface area contributed by atoms with E-state index in [-0.39, 0.29) is 10.5 Å². The van der Waals surface area contributed by atoms with E-state index in [1.54, 1.807) is 50.5 Å². The summed E-state index contributed by atoms with van der Waals surface area (Å²) in [5.41, 5.74) is -0.396. The van der Waals surface area contributed by atoms with E-state index in [1.165, 1.54) is 0 Å². The van der Waals surface area contributed by atoms with Gasteiger partial charge in [0.25, 0.3) is 0 Å². The molecule has 5 nitrogen and oxygen atoms in total. The Kier molecular flexibility index (Phi) is 4.97. The molecule has 7 heteroatoms. The topological polar surface area (TPSA) is 72.4 Å². The van der Waals surface area contributed by atoms with Gasteiger partial charge in [-0.1, -0.05) is 0 Å². The van der Waals surface area contributed by atoms with E-state index in [0.717, 1.165) is 15.9 Å². The van der Waals surface area contributed by atoms with Crippen LogP contribution in [0.4, 0.5) is 0 Å². The molecule has 0 aliphatic heterocycles. The standard InChI is InChI=1S/C15H15BNO4S/c1-9(2)12(14(19)20)17-13(18)11(22-15(17)16)7-3-5-10-6-4-8-21-10/h3-9,12H,1-2H3,(H,19,20)/b5-3+,11-7-. The normalized spacial score (nSPS) is 14.0. The number of allylic oxidation sites excluding steroid dienone is 1. The molecule has 0 bridgehead atoms. The minimum absolute atomic E-state index is 0.184. The first kappa shape index (κ1) is 16.2. The molecule has 0 amide bonds. The number of aromatic nitrogens is 1. The van der Waals surface area contributed by atoms with Crippen LogP contribution in [0.25, 0.3) is 12.2 Å². The molecule has 0 saturated carbocycles. The van der Waals surface area contributed by atoms with Crippen LogP contribution in [0.5, 0.6) is 0 Å². The molecule has 1 atom stereocenters. The number of aliphatic carboxylic acids is 1. The van der Waals surface area contributed by atoms with Crippen molar-refractivity contribution in [2.45, 2.75) is 19.9 Å². The molecular formula is C15H15BNO4S. The second-order valence-corrected chi connectivity index (χ2v) is 6.11. The Morgan fingerprint density at radius 3 is 2.77 bits per heavy atom. The number of thiazole rings is 1. The predicted octanol–water partition coefficient (Wildman–Crippen LogP) is 1.70. The van der Waals surface area contributed by atoms with Crippen LogP contribution in [0.15, 0.2) is 33.7 Å². The van der Waals surface area contributed by atoms with Crippen molar-refractivity contribution in [3.8, 4) is 0 Å². The average Bonchev–Trinajstić information content (AvgIpc) is 3.02. The number of carboxylic acid groups (broad SMARTS) is 1. The van der Waals surface area contributed by atoms with Crippen molar-refractivity contribution < 1.29 is 14.3 Å². The number of hydrogen-bond donors (Lipinski definition) is 1. The minimum atomic E-state index is -1.07. The third-order valence-electron chi connectivity index (χ3n) is 3.10. The van der Waals surface area contributed by atoms with E-state index in [0.29, 0.717) is 10.3 Å². The van der Waals surface area contributed by atoms with Gasteiger partial charge in [0.15, 0.2) is 0 Å². The van der Waals surface area contributed by atoms with E-state index in [2.05, 4.69) is 0 Å². The van der Waals surface area contributed by atoms with E-state index < -0.39 is 17.6 Å². The number of carboxylic acids is 1. The van der Waals surface area contributed by atoms with Gasteiger partial charge < -0.3 is 0 Å². The number of hydrogen-bond acceptors (Lipinski definition) is 4. The van der Waals surface area contributed by atoms with Gasteiger partial charge >= 0.3 is 131 Å². The zero-order chi connectivity index (χ0) is 16.3. The Morgan fingerprint density at radius 1 is 1.50 bits per heavy atom. The Hall–Kier alpha value is -2.15. The molecule has 2 aromatic heterocycles. The Bertz CT molecular complexity index is 845.